The van der Waals surface area contributed by atoms with Gasteiger partial charge >= 0.3 is 0 Å². The Hall–Kier alpha value is -2.95. The number of aromatic nitrogens is 2. The van der Waals surface area contributed by atoms with Crippen molar-refractivity contribution in [1.82, 2.24) is 9.97 Å². The summed E-state index contributed by atoms with van der Waals surface area (Å²) in [6, 6.07) is 10.2. The highest BCUT2D eigenvalue weighted by atomic mass is 16.5. The van der Waals surface area contributed by atoms with Crippen LogP contribution in [0.4, 0.5) is 0 Å². The first-order chi connectivity index (χ1) is 10.6. The van der Waals surface area contributed by atoms with Crippen molar-refractivity contribution < 1.29 is 9.53 Å². The number of aryl methyl sites for hydroxylation is 1. The van der Waals surface area contributed by atoms with Gasteiger partial charge in [0, 0.05) is 17.5 Å². The number of hydrogen-bond donors (Lipinski definition) is 1. The highest BCUT2D eigenvalue weighted by Gasteiger charge is 2.16. The smallest absolute Gasteiger partial charge is 0.202 e. The summed E-state index contributed by atoms with van der Waals surface area (Å²) in [5, 5.41) is 0.402. The summed E-state index contributed by atoms with van der Waals surface area (Å²) in [7, 11) is 1.53. The molecule has 5 nitrogen and oxygen atoms in total. The van der Waals surface area contributed by atoms with Gasteiger partial charge in [0.1, 0.15) is 11.4 Å². The molecule has 22 heavy (non-hydrogen) atoms. The van der Waals surface area contributed by atoms with E-state index in [0.29, 0.717) is 22.3 Å². The highest BCUT2D eigenvalue weighted by molar-refractivity contribution is 6.10. The Bertz CT molecular complexity index is 929. The lowest BCUT2D eigenvalue weighted by Crippen LogP contribution is -2.17. The van der Waals surface area contributed by atoms with Gasteiger partial charge < -0.3 is 9.72 Å². The lowest BCUT2D eigenvalue weighted by Gasteiger charge is -2.05. The van der Waals surface area contributed by atoms with Crippen molar-refractivity contribution in [2.24, 2.45) is 0 Å². The first-order valence-corrected chi connectivity index (χ1v) is 6.78. The molecule has 0 unspecified atom stereocenters. The first-order valence-electron chi connectivity index (χ1n) is 6.78. The van der Waals surface area contributed by atoms with Crippen LogP contribution in [-0.4, -0.2) is 22.9 Å². The van der Waals surface area contributed by atoms with Gasteiger partial charge in [-0.1, -0.05) is 12.1 Å². The normalized spacial score (nSPS) is 10.6. The van der Waals surface area contributed by atoms with Crippen LogP contribution in [0.3, 0.4) is 0 Å². The van der Waals surface area contributed by atoms with E-state index in [-0.39, 0.29) is 16.8 Å². The minimum absolute atomic E-state index is 0.0893. The molecule has 0 saturated carbocycles. The van der Waals surface area contributed by atoms with Crippen molar-refractivity contribution in [2.75, 3.05) is 7.11 Å². The number of methoxy groups -OCH3 is 1. The number of H-pyrrole nitrogens is 1. The first kappa shape index (κ1) is 14.0. The van der Waals surface area contributed by atoms with Crippen LogP contribution in [0.15, 0.2) is 47.4 Å². The van der Waals surface area contributed by atoms with E-state index >= 15 is 0 Å². The van der Waals surface area contributed by atoms with Crippen LogP contribution in [0.2, 0.25) is 0 Å². The Kier molecular flexibility index (Phi) is 3.47. The third-order valence-electron chi connectivity index (χ3n) is 3.45. The third-order valence-corrected chi connectivity index (χ3v) is 3.45. The molecule has 0 atom stereocenters. The number of carbonyl (C=O) groups is 1. The number of nitrogens with one attached hydrogen (secondary N) is 1. The molecule has 0 aliphatic carbocycles. The summed E-state index contributed by atoms with van der Waals surface area (Å²) in [5.74, 6) is 0.225. The Morgan fingerprint density at radius 1 is 1.23 bits per heavy atom. The zero-order chi connectivity index (χ0) is 15.7. The van der Waals surface area contributed by atoms with E-state index in [2.05, 4.69) is 9.97 Å². The molecule has 0 spiro atoms. The van der Waals surface area contributed by atoms with Crippen LogP contribution in [0, 0.1) is 6.92 Å². The van der Waals surface area contributed by atoms with Crippen LogP contribution < -0.4 is 10.2 Å². The molecule has 2 heterocycles. The molecule has 0 radical (unpaired) electrons. The molecular weight excluding hydrogens is 280 g/mol. The molecular formula is C17H14N2O3. The standard InChI is InChI=1S/C17H14N2O3/c1-10-6-7-13-16(21)14(9-18-17(13)19-10)15(20)11-4-3-5-12(8-11)22-2/h3-9H,1-2H3,(H,18,19,21). The fourth-order valence-corrected chi connectivity index (χ4v) is 2.29. The highest BCUT2D eigenvalue weighted by Crippen LogP contribution is 2.16. The molecule has 1 N–H and O–H groups in total. The van der Waals surface area contributed by atoms with Gasteiger partial charge in [-0.15, -0.1) is 0 Å². The fourth-order valence-electron chi connectivity index (χ4n) is 2.29. The molecule has 0 amide bonds. The second-order valence-corrected chi connectivity index (χ2v) is 4.94. The largest absolute Gasteiger partial charge is 0.497 e. The SMILES string of the molecule is COc1cccc(C(=O)c2c[nH]c3nc(C)ccc3c2=O)c1. The number of carbonyl (C=O) groups excluding carboxylic acids is 1. The van der Waals surface area contributed by atoms with E-state index in [4.69, 9.17) is 4.74 Å². The monoisotopic (exact) mass is 294 g/mol. The van der Waals surface area contributed by atoms with E-state index in [1.165, 1.54) is 13.3 Å². The number of ether oxygens (including phenoxy) is 1. The maximum absolute atomic E-state index is 12.5. The molecule has 0 aliphatic rings. The third kappa shape index (κ3) is 2.37. The summed E-state index contributed by atoms with van der Waals surface area (Å²) < 4.78 is 5.11. The second kappa shape index (κ2) is 5.44. The molecule has 0 bridgehead atoms. The Balaban J connectivity index is 2.13. The van der Waals surface area contributed by atoms with Gasteiger partial charge in [-0.25, -0.2) is 4.98 Å². The van der Waals surface area contributed by atoms with Gasteiger partial charge in [0.15, 0.2) is 5.78 Å². The number of hydrogen-bond acceptors (Lipinski definition) is 4. The number of nitrogens with zero attached hydrogens (tertiary/aromatic N) is 1. The minimum atomic E-state index is -0.345. The van der Waals surface area contributed by atoms with Gasteiger partial charge in [-0.2, -0.15) is 0 Å². The zero-order valence-corrected chi connectivity index (χ0v) is 12.2. The zero-order valence-electron chi connectivity index (χ0n) is 12.2. The fraction of sp³-hybridized carbons (Fsp3) is 0.118. The number of pyridine rings is 2. The van der Waals surface area contributed by atoms with Crippen LogP contribution in [0.25, 0.3) is 11.0 Å². The molecule has 1 aromatic carbocycles. The van der Waals surface area contributed by atoms with Gasteiger partial charge in [0.25, 0.3) is 0 Å². The van der Waals surface area contributed by atoms with E-state index in [0.717, 1.165) is 5.69 Å². The second-order valence-electron chi connectivity index (χ2n) is 4.94. The molecule has 110 valence electrons. The van der Waals surface area contributed by atoms with Crippen molar-refractivity contribution in [3.8, 4) is 5.75 Å². The topological polar surface area (TPSA) is 72.1 Å². The number of ketones is 1. The van der Waals surface area contributed by atoms with Crippen molar-refractivity contribution in [3.63, 3.8) is 0 Å². The van der Waals surface area contributed by atoms with Crippen LogP contribution in [-0.2, 0) is 0 Å². The summed E-state index contributed by atoms with van der Waals surface area (Å²) >= 11 is 0. The Labute approximate surface area is 126 Å². The van der Waals surface area contributed by atoms with Crippen molar-refractivity contribution in [3.05, 3.63) is 69.6 Å². The van der Waals surface area contributed by atoms with Gasteiger partial charge in [-0.3, -0.25) is 9.59 Å². The van der Waals surface area contributed by atoms with Crippen LogP contribution in [0.5, 0.6) is 5.75 Å². The molecule has 3 rings (SSSR count). The maximum Gasteiger partial charge on any atom is 0.202 e. The van der Waals surface area contributed by atoms with Crippen LogP contribution in [0.1, 0.15) is 21.6 Å². The molecule has 0 fully saturated rings. The van der Waals surface area contributed by atoms with E-state index in [1.54, 1.807) is 36.4 Å². The number of fused-ring (bicyclic) bond motifs is 1. The average Bonchev–Trinajstić information content (AvgIpc) is 2.54. The summed E-state index contributed by atoms with van der Waals surface area (Å²) in [6.45, 7) is 1.84. The van der Waals surface area contributed by atoms with Gasteiger partial charge in [-0.05, 0) is 31.2 Å². The maximum atomic E-state index is 12.5. The lowest BCUT2D eigenvalue weighted by atomic mass is 10.0. The van der Waals surface area contributed by atoms with E-state index in [1.807, 2.05) is 6.92 Å². The van der Waals surface area contributed by atoms with Gasteiger partial charge in [0.2, 0.25) is 5.43 Å². The van der Waals surface area contributed by atoms with Crippen LogP contribution >= 0.6 is 0 Å². The molecule has 0 aliphatic heterocycles. The van der Waals surface area contributed by atoms with Crippen molar-refractivity contribution >= 4 is 16.8 Å². The Morgan fingerprint density at radius 2 is 2.05 bits per heavy atom. The van der Waals surface area contributed by atoms with Crippen molar-refractivity contribution in [1.29, 1.82) is 0 Å². The van der Waals surface area contributed by atoms with E-state index < -0.39 is 0 Å². The molecule has 0 saturated heterocycles. The van der Waals surface area contributed by atoms with E-state index in [9.17, 15) is 9.59 Å². The number of benzene rings is 1. The predicted octanol–water partition coefficient (Wildman–Crippen LogP) is 2.47. The average molecular weight is 294 g/mol. The minimum Gasteiger partial charge on any atom is -0.497 e. The quantitative estimate of drug-likeness (QED) is 0.753. The summed E-state index contributed by atoms with van der Waals surface area (Å²) in [5.41, 5.74) is 1.45. The van der Waals surface area contributed by atoms with Gasteiger partial charge in [0.05, 0.1) is 18.1 Å². The Morgan fingerprint density at radius 3 is 2.82 bits per heavy atom. The van der Waals surface area contributed by atoms with Crippen molar-refractivity contribution in [2.45, 2.75) is 6.92 Å². The molecule has 3 aromatic rings. The number of rotatable bonds is 3. The molecule has 5 heteroatoms. The molecule has 2 aromatic heterocycles. The summed E-state index contributed by atoms with van der Waals surface area (Å²) in [6.07, 6.45) is 1.42. The number of aromatic amines is 1. The lowest BCUT2D eigenvalue weighted by molar-refractivity contribution is 0.103. The predicted molar refractivity (Wildman–Crippen MR) is 83.5 cm³/mol. The summed E-state index contributed by atoms with van der Waals surface area (Å²) in [4.78, 5) is 32.2.